The maximum atomic E-state index is 2.29. The van der Waals surface area contributed by atoms with Crippen LogP contribution in [0.1, 0.15) is 30.9 Å². The highest BCUT2D eigenvalue weighted by Crippen LogP contribution is 2.36. The lowest BCUT2D eigenvalue weighted by Crippen LogP contribution is -1.87. The lowest BCUT2D eigenvalue weighted by molar-refractivity contribution is 0.922. The average Bonchev–Trinajstić information content (AvgIpc) is 2.44. The van der Waals surface area contributed by atoms with Crippen molar-refractivity contribution in [1.82, 2.24) is 0 Å². The van der Waals surface area contributed by atoms with Crippen LogP contribution in [-0.4, -0.2) is 0 Å². The van der Waals surface area contributed by atoms with Gasteiger partial charge in [-0.1, -0.05) is 42.8 Å². The fraction of sp³-hybridized carbons (Fsp3) is 0.333. The van der Waals surface area contributed by atoms with E-state index in [4.69, 9.17) is 0 Å². The first kappa shape index (κ1) is 7.60. The molecule has 0 N–H and O–H groups in total. The summed E-state index contributed by atoms with van der Waals surface area (Å²) in [7, 11) is 0. The fourth-order valence-corrected chi connectivity index (χ4v) is 2.04. The van der Waals surface area contributed by atoms with Crippen LogP contribution in [0.3, 0.4) is 0 Å². The van der Waals surface area contributed by atoms with Gasteiger partial charge in [-0.15, -0.1) is 0 Å². The number of benzene rings is 1. The molecule has 1 aliphatic carbocycles. The highest BCUT2D eigenvalue weighted by Gasteiger charge is 2.21. The highest BCUT2D eigenvalue weighted by atomic mass is 14.3. The van der Waals surface area contributed by atoms with E-state index in [9.17, 15) is 0 Å². The Bertz CT molecular complexity index is 321. The van der Waals surface area contributed by atoms with Gasteiger partial charge in [-0.05, 0) is 24.5 Å². The van der Waals surface area contributed by atoms with Crippen molar-refractivity contribution in [2.75, 3.05) is 0 Å². The van der Waals surface area contributed by atoms with Crippen LogP contribution in [0.5, 0.6) is 0 Å². The molecule has 0 radical (unpaired) electrons. The second-order valence-electron chi connectivity index (χ2n) is 3.46. The maximum absolute atomic E-state index is 2.29. The lowest BCUT2D eigenvalue weighted by atomic mass is 10.0. The van der Waals surface area contributed by atoms with Gasteiger partial charge in [-0.25, -0.2) is 0 Å². The number of hydrogen-bond acceptors (Lipinski definition) is 0. The van der Waals surface area contributed by atoms with E-state index in [1.165, 1.54) is 11.1 Å². The molecule has 0 heterocycles. The molecular formula is C12H14. The molecule has 0 fully saturated rings. The van der Waals surface area contributed by atoms with Gasteiger partial charge in [0.05, 0.1) is 0 Å². The Hall–Kier alpha value is -1.04. The summed E-state index contributed by atoms with van der Waals surface area (Å²) in [6.07, 6.45) is 3.42. The molecule has 1 atom stereocenters. The van der Waals surface area contributed by atoms with Crippen LogP contribution in [0.2, 0.25) is 0 Å². The van der Waals surface area contributed by atoms with E-state index in [0.29, 0.717) is 5.92 Å². The maximum Gasteiger partial charge on any atom is 0.00258 e. The average molecular weight is 158 g/mol. The first-order valence-corrected chi connectivity index (χ1v) is 4.56. The third-order valence-corrected chi connectivity index (χ3v) is 2.84. The minimum Gasteiger partial charge on any atom is -0.0875 e. The molecule has 0 bridgehead atoms. The number of fused-ring (bicyclic) bond motifs is 1. The predicted octanol–water partition coefficient (Wildman–Crippen LogP) is 3.29. The van der Waals surface area contributed by atoms with Gasteiger partial charge in [0.25, 0.3) is 0 Å². The molecule has 12 heavy (non-hydrogen) atoms. The summed E-state index contributed by atoms with van der Waals surface area (Å²) in [5.41, 5.74) is 4.60. The third-order valence-electron chi connectivity index (χ3n) is 2.84. The van der Waals surface area contributed by atoms with Crippen molar-refractivity contribution in [3.63, 3.8) is 0 Å². The van der Waals surface area contributed by atoms with Crippen LogP contribution in [-0.2, 0) is 6.42 Å². The molecule has 0 spiro atoms. The van der Waals surface area contributed by atoms with Gasteiger partial charge in [0, 0.05) is 5.92 Å². The van der Waals surface area contributed by atoms with Gasteiger partial charge in [0.15, 0.2) is 0 Å². The van der Waals surface area contributed by atoms with E-state index < -0.39 is 0 Å². The highest BCUT2D eigenvalue weighted by molar-refractivity contribution is 5.44. The molecule has 0 heteroatoms. The summed E-state index contributed by atoms with van der Waals surface area (Å²) >= 11 is 0. The summed E-state index contributed by atoms with van der Waals surface area (Å²) in [6.45, 7) is 4.43. The molecule has 0 nitrogen and oxygen atoms in total. The largest absolute Gasteiger partial charge is 0.0875 e. The van der Waals surface area contributed by atoms with Crippen molar-refractivity contribution in [2.24, 2.45) is 0 Å². The SMILES string of the molecule is C/C=C1/Cc2ccccc2C1C. The summed E-state index contributed by atoms with van der Waals surface area (Å²) < 4.78 is 0. The molecule has 0 aromatic heterocycles. The van der Waals surface area contributed by atoms with E-state index >= 15 is 0 Å². The molecule has 0 saturated heterocycles. The summed E-state index contributed by atoms with van der Waals surface area (Å²) in [5.74, 6) is 0.645. The van der Waals surface area contributed by atoms with Gasteiger partial charge < -0.3 is 0 Å². The first-order chi connectivity index (χ1) is 5.83. The monoisotopic (exact) mass is 158 g/mol. The van der Waals surface area contributed by atoms with Crippen molar-refractivity contribution in [2.45, 2.75) is 26.2 Å². The van der Waals surface area contributed by atoms with Gasteiger partial charge in [0.1, 0.15) is 0 Å². The third kappa shape index (κ3) is 0.989. The second-order valence-corrected chi connectivity index (χ2v) is 3.46. The topological polar surface area (TPSA) is 0 Å². The van der Waals surface area contributed by atoms with Gasteiger partial charge in [-0.2, -0.15) is 0 Å². The normalized spacial score (nSPS) is 24.5. The van der Waals surface area contributed by atoms with Crippen LogP contribution in [0.25, 0.3) is 0 Å². The van der Waals surface area contributed by atoms with Gasteiger partial charge in [0.2, 0.25) is 0 Å². The Morgan fingerprint density at radius 2 is 2.08 bits per heavy atom. The lowest BCUT2D eigenvalue weighted by Gasteiger charge is -2.04. The number of hydrogen-bond donors (Lipinski definition) is 0. The van der Waals surface area contributed by atoms with E-state index in [1.807, 2.05) is 0 Å². The minimum absolute atomic E-state index is 0.645. The van der Waals surface area contributed by atoms with E-state index in [-0.39, 0.29) is 0 Å². The molecule has 1 unspecified atom stereocenters. The van der Waals surface area contributed by atoms with Crippen LogP contribution in [0.15, 0.2) is 35.9 Å². The van der Waals surface area contributed by atoms with E-state index in [1.54, 1.807) is 5.57 Å². The first-order valence-electron chi connectivity index (χ1n) is 4.56. The zero-order valence-corrected chi connectivity index (χ0v) is 7.67. The Morgan fingerprint density at radius 1 is 1.33 bits per heavy atom. The van der Waals surface area contributed by atoms with Crippen LogP contribution in [0.4, 0.5) is 0 Å². The van der Waals surface area contributed by atoms with E-state index in [0.717, 1.165) is 6.42 Å². The van der Waals surface area contributed by atoms with Crippen LogP contribution in [0, 0.1) is 0 Å². The zero-order valence-electron chi connectivity index (χ0n) is 7.67. The summed E-state index contributed by atoms with van der Waals surface area (Å²) in [5, 5.41) is 0. The summed E-state index contributed by atoms with van der Waals surface area (Å²) in [6, 6.07) is 8.75. The standard InChI is InChI=1S/C12H14/c1-3-10-8-11-6-4-5-7-12(11)9(10)2/h3-7,9H,8H2,1-2H3/b10-3-. The van der Waals surface area contributed by atoms with Gasteiger partial charge in [-0.3, -0.25) is 0 Å². The molecule has 62 valence electrons. The van der Waals surface area contributed by atoms with Gasteiger partial charge >= 0.3 is 0 Å². The summed E-state index contributed by atoms with van der Waals surface area (Å²) in [4.78, 5) is 0. The number of rotatable bonds is 0. The number of allylic oxidation sites excluding steroid dienone is 2. The minimum atomic E-state index is 0.645. The second kappa shape index (κ2) is 2.78. The quantitative estimate of drug-likeness (QED) is 0.508. The molecule has 1 aromatic rings. The van der Waals surface area contributed by atoms with Crippen molar-refractivity contribution in [3.8, 4) is 0 Å². The smallest absolute Gasteiger partial charge is 0.00258 e. The molecular weight excluding hydrogens is 144 g/mol. The Kier molecular flexibility index (Phi) is 1.76. The van der Waals surface area contributed by atoms with Crippen molar-refractivity contribution < 1.29 is 0 Å². The molecule has 0 saturated carbocycles. The molecule has 2 rings (SSSR count). The van der Waals surface area contributed by atoms with Crippen molar-refractivity contribution in [1.29, 1.82) is 0 Å². The Balaban J connectivity index is 2.49. The Morgan fingerprint density at radius 3 is 2.75 bits per heavy atom. The predicted molar refractivity (Wildman–Crippen MR) is 52.3 cm³/mol. The molecule has 1 aromatic carbocycles. The molecule has 0 aliphatic heterocycles. The zero-order chi connectivity index (χ0) is 8.55. The van der Waals surface area contributed by atoms with Crippen molar-refractivity contribution >= 4 is 0 Å². The van der Waals surface area contributed by atoms with Crippen LogP contribution >= 0.6 is 0 Å². The Labute approximate surface area is 73.9 Å². The van der Waals surface area contributed by atoms with Crippen molar-refractivity contribution in [3.05, 3.63) is 47.0 Å². The molecule has 1 aliphatic rings. The molecule has 0 amide bonds. The van der Waals surface area contributed by atoms with Crippen LogP contribution < -0.4 is 0 Å². The van der Waals surface area contributed by atoms with E-state index in [2.05, 4.69) is 44.2 Å². The fourth-order valence-electron chi connectivity index (χ4n) is 2.04.